The molecule has 0 aromatic heterocycles. The summed E-state index contributed by atoms with van der Waals surface area (Å²) in [4.78, 5) is 11.1. The first-order valence-electron chi connectivity index (χ1n) is 4.55. The predicted octanol–water partition coefficient (Wildman–Crippen LogP) is 2.05. The Bertz CT molecular complexity index is 318. The summed E-state index contributed by atoms with van der Waals surface area (Å²) in [6, 6.07) is 5.67. The monoisotopic (exact) mass is 177 g/mol. The van der Waals surface area contributed by atoms with Crippen LogP contribution in [0.25, 0.3) is 0 Å². The summed E-state index contributed by atoms with van der Waals surface area (Å²) >= 11 is 0. The van der Waals surface area contributed by atoms with Gasteiger partial charge in [0.1, 0.15) is 0 Å². The molecule has 0 heterocycles. The first kappa shape index (κ1) is 9.78. The van der Waals surface area contributed by atoms with Crippen LogP contribution in [0, 0.1) is 6.92 Å². The summed E-state index contributed by atoms with van der Waals surface area (Å²) < 4.78 is 0. The van der Waals surface area contributed by atoms with E-state index < -0.39 is 0 Å². The number of amides is 1. The number of carbonyl (C=O) groups is 1. The molecule has 70 valence electrons. The van der Waals surface area contributed by atoms with Crippen LogP contribution >= 0.6 is 0 Å². The van der Waals surface area contributed by atoms with Crippen molar-refractivity contribution in [2.45, 2.75) is 26.7 Å². The molecule has 0 fully saturated rings. The highest BCUT2D eigenvalue weighted by Gasteiger charge is 2.08. The van der Waals surface area contributed by atoms with Crippen molar-refractivity contribution in [3.05, 3.63) is 34.9 Å². The lowest BCUT2D eigenvalue weighted by atomic mass is 9.98. The molecule has 0 saturated carbocycles. The summed E-state index contributed by atoms with van der Waals surface area (Å²) in [5, 5.41) is 0. The molecule has 0 unspecified atom stereocenters. The van der Waals surface area contributed by atoms with E-state index in [2.05, 4.69) is 6.92 Å². The summed E-state index contributed by atoms with van der Waals surface area (Å²) in [5.74, 6) is -0.327. The van der Waals surface area contributed by atoms with Crippen LogP contribution in [0.1, 0.15) is 34.8 Å². The molecule has 0 atom stereocenters. The van der Waals surface area contributed by atoms with Crippen molar-refractivity contribution < 1.29 is 4.79 Å². The lowest BCUT2D eigenvalue weighted by Gasteiger charge is -2.08. The van der Waals surface area contributed by atoms with Crippen molar-refractivity contribution in [1.82, 2.24) is 0 Å². The van der Waals surface area contributed by atoms with Gasteiger partial charge in [-0.3, -0.25) is 4.79 Å². The molecule has 13 heavy (non-hydrogen) atoms. The van der Waals surface area contributed by atoms with E-state index in [9.17, 15) is 4.79 Å². The van der Waals surface area contributed by atoms with E-state index in [-0.39, 0.29) is 5.91 Å². The SMILES string of the molecule is CCCc1c(C)cccc1C(N)=O. The van der Waals surface area contributed by atoms with E-state index in [0.717, 1.165) is 24.0 Å². The third-order valence-corrected chi connectivity index (χ3v) is 2.18. The van der Waals surface area contributed by atoms with Gasteiger partial charge >= 0.3 is 0 Å². The number of aryl methyl sites for hydroxylation is 1. The maximum atomic E-state index is 11.1. The molecule has 2 N–H and O–H groups in total. The molecule has 0 saturated heterocycles. The van der Waals surface area contributed by atoms with Gasteiger partial charge in [0.05, 0.1) is 0 Å². The van der Waals surface area contributed by atoms with Gasteiger partial charge in [0.2, 0.25) is 5.91 Å². The number of hydrogen-bond donors (Lipinski definition) is 1. The summed E-state index contributed by atoms with van der Waals surface area (Å²) in [7, 11) is 0. The largest absolute Gasteiger partial charge is 0.366 e. The molecular formula is C11H15NO. The summed E-state index contributed by atoms with van der Waals surface area (Å²) in [5.41, 5.74) is 8.19. The topological polar surface area (TPSA) is 43.1 Å². The van der Waals surface area contributed by atoms with Crippen molar-refractivity contribution in [3.8, 4) is 0 Å². The second-order valence-corrected chi connectivity index (χ2v) is 3.22. The molecule has 1 rings (SSSR count). The molecule has 2 heteroatoms. The zero-order chi connectivity index (χ0) is 9.84. The zero-order valence-electron chi connectivity index (χ0n) is 8.13. The fourth-order valence-corrected chi connectivity index (χ4v) is 1.51. The van der Waals surface area contributed by atoms with Crippen LogP contribution in [-0.2, 0) is 6.42 Å². The predicted molar refractivity (Wildman–Crippen MR) is 53.7 cm³/mol. The van der Waals surface area contributed by atoms with Gasteiger partial charge in [0, 0.05) is 5.56 Å². The molecule has 1 aromatic rings. The fraction of sp³-hybridized carbons (Fsp3) is 0.364. The lowest BCUT2D eigenvalue weighted by Crippen LogP contribution is -2.14. The van der Waals surface area contributed by atoms with Crippen molar-refractivity contribution in [3.63, 3.8) is 0 Å². The minimum atomic E-state index is -0.327. The Labute approximate surface area is 78.8 Å². The van der Waals surface area contributed by atoms with E-state index >= 15 is 0 Å². The summed E-state index contributed by atoms with van der Waals surface area (Å²) in [6.45, 7) is 4.11. The smallest absolute Gasteiger partial charge is 0.248 e. The Balaban J connectivity index is 3.17. The van der Waals surface area contributed by atoms with Crippen molar-refractivity contribution in [1.29, 1.82) is 0 Å². The number of nitrogens with two attached hydrogens (primary N) is 1. The highest BCUT2D eigenvalue weighted by molar-refractivity contribution is 5.94. The highest BCUT2D eigenvalue weighted by atomic mass is 16.1. The van der Waals surface area contributed by atoms with Crippen LogP contribution in [0.4, 0.5) is 0 Å². The second-order valence-electron chi connectivity index (χ2n) is 3.22. The third-order valence-electron chi connectivity index (χ3n) is 2.18. The number of benzene rings is 1. The van der Waals surface area contributed by atoms with Gasteiger partial charge < -0.3 is 5.73 Å². The molecule has 0 spiro atoms. The molecule has 1 amide bonds. The Kier molecular flexibility index (Phi) is 3.07. The van der Waals surface area contributed by atoms with E-state index in [0.29, 0.717) is 5.56 Å². The van der Waals surface area contributed by atoms with Crippen LogP contribution in [0.5, 0.6) is 0 Å². The van der Waals surface area contributed by atoms with Gasteiger partial charge in [-0.2, -0.15) is 0 Å². The lowest BCUT2D eigenvalue weighted by molar-refractivity contribution is 0.0999. The Morgan fingerprint density at radius 2 is 2.15 bits per heavy atom. The van der Waals surface area contributed by atoms with Gasteiger partial charge in [-0.1, -0.05) is 25.5 Å². The van der Waals surface area contributed by atoms with Crippen molar-refractivity contribution >= 4 is 5.91 Å². The molecule has 0 bridgehead atoms. The maximum absolute atomic E-state index is 11.1. The van der Waals surface area contributed by atoms with Crippen LogP contribution in [0.2, 0.25) is 0 Å². The Hall–Kier alpha value is -1.31. The number of rotatable bonds is 3. The standard InChI is InChI=1S/C11H15NO/c1-3-5-9-8(2)6-4-7-10(9)11(12)13/h4,6-7H,3,5H2,1-2H3,(H2,12,13). The number of carbonyl (C=O) groups excluding carboxylic acids is 1. The first-order chi connectivity index (χ1) is 6.16. The fourth-order valence-electron chi connectivity index (χ4n) is 1.51. The molecule has 0 aliphatic rings. The average Bonchev–Trinajstić information content (AvgIpc) is 2.08. The third kappa shape index (κ3) is 2.08. The number of hydrogen-bond acceptors (Lipinski definition) is 1. The van der Waals surface area contributed by atoms with Crippen molar-refractivity contribution in [2.24, 2.45) is 5.73 Å². The zero-order valence-corrected chi connectivity index (χ0v) is 8.13. The first-order valence-corrected chi connectivity index (χ1v) is 4.55. The van der Waals surface area contributed by atoms with Crippen LogP contribution in [0.15, 0.2) is 18.2 Å². The van der Waals surface area contributed by atoms with Gasteiger partial charge in [-0.15, -0.1) is 0 Å². The molecule has 1 aromatic carbocycles. The average molecular weight is 177 g/mol. The molecule has 2 nitrogen and oxygen atoms in total. The van der Waals surface area contributed by atoms with Crippen LogP contribution in [0.3, 0.4) is 0 Å². The second kappa shape index (κ2) is 4.08. The summed E-state index contributed by atoms with van der Waals surface area (Å²) in [6.07, 6.45) is 1.95. The van der Waals surface area contributed by atoms with Gasteiger partial charge in [0.15, 0.2) is 0 Å². The molecule has 0 radical (unpaired) electrons. The van der Waals surface area contributed by atoms with Gasteiger partial charge in [-0.05, 0) is 30.5 Å². The minimum Gasteiger partial charge on any atom is -0.366 e. The normalized spacial score (nSPS) is 10.0. The Morgan fingerprint density at radius 3 is 2.69 bits per heavy atom. The van der Waals surface area contributed by atoms with E-state index in [4.69, 9.17) is 5.73 Å². The quantitative estimate of drug-likeness (QED) is 0.754. The molecule has 0 aliphatic heterocycles. The van der Waals surface area contributed by atoms with Crippen LogP contribution in [-0.4, -0.2) is 5.91 Å². The van der Waals surface area contributed by atoms with E-state index in [1.165, 1.54) is 0 Å². The van der Waals surface area contributed by atoms with Gasteiger partial charge in [-0.25, -0.2) is 0 Å². The van der Waals surface area contributed by atoms with Crippen LogP contribution < -0.4 is 5.73 Å². The number of primary amides is 1. The van der Waals surface area contributed by atoms with Crippen molar-refractivity contribution in [2.75, 3.05) is 0 Å². The highest BCUT2D eigenvalue weighted by Crippen LogP contribution is 2.15. The molecular weight excluding hydrogens is 162 g/mol. The van der Waals surface area contributed by atoms with Gasteiger partial charge in [0.25, 0.3) is 0 Å². The maximum Gasteiger partial charge on any atom is 0.248 e. The molecule has 0 aliphatic carbocycles. The minimum absolute atomic E-state index is 0.327. The Morgan fingerprint density at radius 1 is 1.46 bits per heavy atom. The van der Waals surface area contributed by atoms with E-state index in [1.54, 1.807) is 6.07 Å². The van der Waals surface area contributed by atoms with E-state index in [1.807, 2.05) is 19.1 Å².